The Labute approximate surface area is 158 Å². The van der Waals surface area contributed by atoms with Crippen molar-refractivity contribution in [1.29, 1.82) is 0 Å². The number of nitrogens with two attached hydrogens (primary N) is 1. The van der Waals surface area contributed by atoms with Gasteiger partial charge in [0.1, 0.15) is 12.9 Å². The van der Waals surface area contributed by atoms with Crippen LogP contribution in [0.25, 0.3) is 22.1 Å². The Balaban J connectivity index is 1.77. The molecule has 3 heterocycles. The number of carbonyl (C=O) groups excluding carboxylic acids is 1. The van der Waals surface area contributed by atoms with Gasteiger partial charge in [0.05, 0.1) is 12.1 Å². The molecule has 2 N–H and O–H groups in total. The van der Waals surface area contributed by atoms with Gasteiger partial charge in [-0.2, -0.15) is 0 Å². The molecule has 0 atom stereocenters. The fraction of sp³-hybridized carbons (Fsp3) is 0.167. The smallest absolute Gasteiger partial charge is 0.302 e. The molecule has 0 fully saturated rings. The quantitative estimate of drug-likeness (QED) is 0.526. The van der Waals surface area contributed by atoms with E-state index in [0.717, 1.165) is 15.8 Å². The van der Waals surface area contributed by atoms with Crippen molar-refractivity contribution in [2.24, 2.45) is 0 Å². The number of nitrogen functional groups attached to an aromatic ring is 1. The zero-order valence-corrected chi connectivity index (χ0v) is 15.3. The first-order valence-electron chi connectivity index (χ1n) is 8.25. The topological polar surface area (TPSA) is 109 Å². The van der Waals surface area contributed by atoms with Crippen molar-refractivity contribution >= 4 is 45.6 Å². The summed E-state index contributed by atoms with van der Waals surface area (Å²) in [7, 11) is 0. The number of rotatable bonds is 5. The van der Waals surface area contributed by atoms with Crippen molar-refractivity contribution in [3.05, 3.63) is 42.9 Å². The number of anilines is 1. The summed E-state index contributed by atoms with van der Waals surface area (Å²) in [6.07, 6.45) is 3.16. The van der Waals surface area contributed by atoms with Gasteiger partial charge >= 0.3 is 5.97 Å². The second kappa shape index (κ2) is 7.20. The molecule has 136 valence electrons. The second-order valence-electron chi connectivity index (χ2n) is 5.75. The van der Waals surface area contributed by atoms with E-state index in [4.69, 9.17) is 10.5 Å². The summed E-state index contributed by atoms with van der Waals surface area (Å²) in [6, 6.07) is 9.90. The number of carbonyl (C=O) groups is 1. The maximum absolute atomic E-state index is 11.1. The lowest BCUT2D eigenvalue weighted by Gasteiger charge is -2.09. The summed E-state index contributed by atoms with van der Waals surface area (Å²) in [6.45, 7) is 2.00. The molecule has 0 radical (unpaired) electrons. The largest absolute Gasteiger partial charge is 0.464 e. The molecule has 0 amide bonds. The van der Waals surface area contributed by atoms with Crippen LogP contribution >= 0.6 is 11.8 Å². The maximum Gasteiger partial charge on any atom is 0.302 e. The fourth-order valence-electron chi connectivity index (χ4n) is 2.75. The highest BCUT2D eigenvalue weighted by atomic mass is 32.2. The van der Waals surface area contributed by atoms with Gasteiger partial charge in [0.25, 0.3) is 0 Å². The van der Waals surface area contributed by atoms with E-state index >= 15 is 0 Å². The summed E-state index contributed by atoms with van der Waals surface area (Å²) in [4.78, 5) is 29.5. The summed E-state index contributed by atoms with van der Waals surface area (Å²) >= 11 is 1.46. The first kappa shape index (κ1) is 17.2. The monoisotopic (exact) mass is 380 g/mol. The van der Waals surface area contributed by atoms with E-state index in [1.54, 1.807) is 6.20 Å². The minimum atomic E-state index is -0.332. The number of hydrogen-bond acceptors (Lipinski definition) is 8. The van der Waals surface area contributed by atoms with Crippen molar-refractivity contribution in [1.82, 2.24) is 24.5 Å². The number of imidazole rings is 1. The van der Waals surface area contributed by atoms with E-state index in [-0.39, 0.29) is 12.6 Å². The molecule has 3 aromatic heterocycles. The Kier molecular flexibility index (Phi) is 4.59. The number of ether oxygens (including phenoxy) is 1. The number of nitrogens with zero attached hydrogens (tertiary/aromatic N) is 5. The molecule has 0 aliphatic carbocycles. The average Bonchev–Trinajstić information content (AvgIpc) is 3.01. The van der Waals surface area contributed by atoms with Crippen molar-refractivity contribution in [2.45, 2.75) is 23.5 Å². The molecule has 0 aliphatic rings. The molecule has 27 heavy (non-hydrogen) atoms. The van der Waals surface area contributed by atoms with Crippen LogP contribution in [0, 0.1) is 0 Å². The number of pyridine rings is 1. The minimum Gasteiger partial charge on any atom is -0.464 e. The Bertz CT molecular complexity index is 1140. The molecule has 0 unspecified atom stereocenters. The van der Waals surface area contributed by atoms with Crippen molar-refractivity contribution in [2.75, 3.05) is 12.3 Å². The molecule has 0 saturated heterocycles. The molecule has 9 heteroatoms. The Morgan fingerprint density at radius 3 is 2.89 bits per heavy atom. The standard InChI is InChI=1S/C18H16N6O2S/c1-11(25)26-9-8-24-17-15(16(19)21-10-22-17)23-18(24)27-13-6-2-4-12-5-3-7-20-14(12)13/h2-7,10H,8-9H2,1H3,(H2,19,21,22). The third-order valence-corrected chi connectivity index (χ3v) is 4.99. The van der Waals surface area contributed by atoms with Crippen LogP contribution in [0.1, 0.15) is 6.92 Å². The van der Waals surface area contributed by atoms with E-state index in [9.17, 15) is 4.79 Å². The van der Waals surface area contributed by atoms with Crippen LogP contribution in [0.3, 0.4) is 0 Å². The molecule has 0 saturated carbocycles. The maximum atomic E-state index is 11.1. The van der Waals surface area contributed by atoms with Crippen LogP contribution in [0.4, 0.5) is 5.82 Å². The SMILES string of the molecule is CC(=O)OCCn1c(Sc2cccc3cccnc23)nc2c(N)ncnc21. The number of hydrogen-bond donors (Lipinski definition) is 1. The molecular formula is C18H16N6O2S. The van der Waals surface area contributed by atoms with Crippen molar-refractivity contribution in [3.63, 3.8) is 0 Å². The van der Waals surface area contributed by atoms with Gasteiger partial charge in [-0.15, -0.1) is 0 Å². The second-order valence-corrected chi connectivity index (χ2v) is 6.76. The number of esters is 1. The summed E-state index contributed by atoms with van der Waals surface area (Å²) in [5, 5.41) is 1.73. The van der Waals surface area contributed by atoms with Gasteiger partial charge in [0.15, 0.2) is 22.1 Å². The predicted octanol–water partition coefficient (Wildman–Crippen LogP) is 2.67. The van der Waals surface area contributed by atoms with E-state index in [0.29, 0.717) is 28.7 Å². The first-order chi connectivity index (χ1) is 13.1. The first-order valence-corrected chi connectivity index (χ1v) is 9.07. The molecule has 4 rings (SSSR count). The van der Waals surface area contributed by atoms with Gasteiger partial charge in [-0.1, -0.05) is 18.2 Å². The number of para-hydroxylation sites is 1. The number of aromatic nitrogens is 5. The van der Waals surface area contributed by atoms with Crippen LogP contribution in [-0.2, 0) is 16.1 Å². The summed E-state index contributed by atoms with van der Waals surface area (Å²) < 4.78 is 6.96. The van der Waals surface area contributed by atoms with Gasteiger partial charge < -0.3 is 10.5 Å². The molecular weight excluding hydrogens is 364 g/mol. The Morgan fingerprint density at radius 1 is 1.19 bits per heavy atom. The van der Waals surface area contributed by atoms with Crippen molar-refractivity contribution in [3.8, 4) is 0 Å². The fourth-order valence-corrected chi connectivity index (χ4v) is 3.79. The normalized spacial score (nSPS) is 11.1. The molecule has 0 spiro atoms. The molecule has 0 aliphatic heterocycles. The van der Waals surface area contributed by atoms with Crippen molar-refractivity contribution < 1.29 is 9.53 Å². The van der Waals surface area contributed by atoms with Gasteiger partial charge in [0, 0.05) is 23.4 Å². The lowest BCUT2D eigenvalue weighted by atomic mass is 10.2. The number of fused-ring (bicyclic) bond motifs is 2. The lowest BCUT2D eigenvalue weighted by molar-refractivity contribution is -0.141. The van der Waals surface area contributed by atoms with Crippen LogP contribution in [0.2, 0.25) is 0 Å². The van der Waals surface area contributed by atoms with E-state index < -0.39 is 0 Å². The Morgan fingerprint density at radius 2 is 2.04 bits per heavy atom. The zero-order chi connectivity index (χ0) is 18.8. The third-order valence-electron chi connectivity index (χ3n) is 3.94. The molecule has 4 aromatic rings. The molecule has 1 aromatic carbocycles. The van der Waals surface area contributed by atoms with Crippen LogP contribution in [-0.4, -0.2) is 37.1 Å². The van der Waals surface area contributed by atoms with E-state index in [1.165, 1.54) is 25.0 Å². The van der Waals surface area contributed by atoms with Gasteiger partial charge in [-0.3, -0.25) is 14.3 Å². The average molecular weight is 380 g/mol. The summed E-state index contributed by atoms with van der Waals surface area (Å²) in [5.74, 6) is -0.0230. The number of benzene rings is 1. The highest BCUT2D eigenvalue weighted by molar-refractivity contribution is 7.99. The van der Waals surface area contributed by atoms with Crippen LogP contribution in [0.5, 0.6) is 0 Å². The Hall–Kier alpha value is -3.20. The molecule has 8 nitrogen and oxygen atoms in total. The predicted molar refractivity (Wildman–Crippen MR) is 102 cm³/mol. The van der Waals surface area contributed by atoms with Gasteiger partial charge in [0.2, 0.25) is 0 Å². The lowest BCUT2D eigenvalue weighted by Crippen LogP contribution is -2.10. The highest BCUT2D eigenvalue weighted by Crippen LogP contribution is 2.34. The minimum absolute atomic E-state index is 0.214. The van der Waals surface area contributed by atoms with Gasteiger partial charge in [-0.05, 0) is 23.9 Å². The van der Waals surface area contributed by atoms with E-state index in [2.05, 4.69) is 19.9 Å². The van der Waals surface area contributed by atoms with Gasteiger partial charge in [-0.25, -0.2) is 15.0 Å². The zero-order valence-electron chi connectivity index (χ0n) is 14.5. The third kappa shape index (κ3) is 3.41. The highest BCUT2D eigenvalue weighted by Gasteiger charge is 2.17. The van der Waals surface area contributed by atoms with E-state index in [1.807, 2.05) is 34.9 Å². The molecule has 0 bridgehead atoms. The summed E-state index contributed by atoms with van der Waals surface area (Å²) in [5.41, 5.74) is 7.98. The van der Waals surface area contributed by atoms with Crippen LogP contribution in [0.15, 0.2) is 52.9 Å². The van der Waals surface area contributed by atoms with Crippen LogP contribution < -0.4 is 5.73 Å².